The summed E-state index contributed by atoms with van der Waals surface area (Å²) in [5, 5.41) is 22.0. The van der Waals surface area contributed by atoms with Crippen LogP contribution in [0.4, 0.5) is 0 Å². The van der Waals surface area contributed by atoms with E-state index in [0.717, 1.165) is 12.8 Å². The van der Waals surface area contributed by atoms with Crippen molar-refractivity contribution in [3.63, 3.8) is 0 Å². The maximum atomic E-state index is 11.4. The van der Waals surface area contributed by atoms with Crippen molar-refractivity contribution in [3.8, 4) is 0 Å². The topological polar surface area (TPSA) is 69.6 Å². The highest BCUT2D eigenvalue weighted by atomic mass is 16.3. The van der Waals surface area contributed by atoms with Crippen molar-refractivity contribution in [1.82, 2.24) is 5.32 Å². The second kappa shape index (κ2) is 25.7. The van der Waals surface area contributed by atoms with Crippen LogP contribution in [-0.4, -0.2) is 34.9 Å². The number of carbonyl (C=O) groups is 1. The van der Waals surface area contributed by atoms with Crippen molar-refractivity contribution in [2.75, 3.05) is 6.61 Å². The van der Waals surface area contributed by atoms with Gasteiger partial charge in [0.05, 0.1) is 18.8 Å². The van der Waals surface area contributed by atoms with Gasteiger partial charge in [-0.15, -0.1) is 0 Å². The van der Waals surface area contributed by atoms with E-state index in [0.29, 0.717) is 6.42 Å². The number of rotatable bonds is 25. The molecule has 0 spiro atoms. The highest BCUT2D eigenvalue weighted by Gasteiger charge is 2.17. The van der Waals surface area contributed by atoms with Crippen LogP contribution in [0, 0.1) is 0 Å². The van der Waals surface area contributed by atoms with Gasteiger partial charge >= 0.3 is 0 Å². The first-order valence-electron chi connectivity index (χ1n) is 14.4. The van der Waals surface area contributed by atoms with Crippen molar-refractivity contribution in [2.24, 2.45) is 0 Å². The molecular formula is C29H57NO3. The first-order chi connectivity index (χ1) is 16.2. The molecule has 0 aromatic rings. The second-order valence-corrected chi connectivity index (χ2v) is 9.78. The molecule has 0 bridgehead atoms. The standard InChI is InChI=1S/C29H57NO3/c1-3-5-6-7-8-9-10-11-12-13-14-15-16-17-18-19-20-21-22-23-24-25-28(32)27(26-31)30-29(33)4-2/h24-25,27-28,31-32H,3-23,26H2,1-2H3,(H,30,33)/b25-24+. The van der Waals surface area contributed by atoms with Gasteiger partial charge in [0.1, 0.15) is 0 Å². The van der Waals surface area contributed by atoms with Crippen LogP contribution in [0.2, 0.25) is 0 Å². The predicted octanol–water partition coefficient (Wildman–Crippen LogP) is 7.61. The fraction of sp³-hybridized carbons (Fsp3) is 0.897. The number of aliphatic hydroxyl groups excluding tert-OH is 2. The van der Waals surface area contributed by atoms with Gasteiger partial charge in [0.15, 0.2) is 0 Å². The Morgan fingerprint density at radius 2 is 1.09 bits per heavy atom. The molecule has 2 atom stereocenters. The Bertz CT molecular complexity index is 439. The van der Waals surface area contributed by atoms with Crippen LogP contribution in [0.1, 0.15) is 149 Å². The Balaban J connectivity index is 3.33. The zero-order valence-corrected chi connectivity index (χ0v) is 22.2. The Morgan fingerprint density at radius 1 is 0.697 bits per heavy atom. The molecule has 0 saturated heterocycles. The second-order valence-electron chi connectivity index (χ2n) is 9.78. The molecule has 0 aromatic heterocycles. The number of carbonyl (C=O) groups excluding carboxylic acids is 1. The van der Waals surface area contributed by atoms with Crippen LogP contribution in [0.25, 0.3) is 0 Å². The molecule has 0 heterocycles. The largest absolute Gasteiger partial charge is 0.394 e. The first-order valence-corrected chi connectivity index (χ1v) is 14.4. The summed E-state index contributed by atoms with van der Waals surface area (Å²) >= 11 is 0. The van der Waals surface area contributed by atoms with Gasteiger partial charge < -0.3 is 15.5 Å². The maximum Gasteiger partial charge on any atom is 0.220 e. The minimum Gasteiger partial charge on any atom is -0.394 e. The third-order valence-electron chi connectivity index (χ3n) is 6.58. The highest BCUT2D eigenvalue weighted by molar-refractivity contribution is 5.75. The Kier molecular flexibility index (Phi) is 25.1. The molecule has 1 amide bonds. The monoisotopic (exact) mass is 467 g/mol. The maximum absolute atomic E-state index is 11.4. The van der Waals surface area contributed by atoms with Crippen molar-refractivity contribution in [3.05, 3.63) is 12.2 Å². The van der Waals surface area contributed by atoms with Gasteiger partial charge in [-0.25, -0.2) is 0 Å². The van der Waals surface area contributed by atoms with Crippen LogP contribution in [-0.2, 0) is 4.79 Å². The van der Waals surface area contributed by atoms with E-state index < -0.39 is 12.1 Å². The molecule has 4 heteroatoms. The van der Waals surface area contributed by atoms with Crippen LogP contribution >= 0.6 is 0 Å². The van der Waals surface area contributed by atoms with Gasteiger partial charge in [-0.3, -0.25) is 4.79 Å². The van der Waals surface area contributed by atoms with Crippen molar-refractivity contribution in [2.45, 2.75) is 161 Å². The summed E-state index contributed by atoms with van der Waals surface area (Å²) in [6.45, 7) is 3.79. The normalized spacial score (nSPS) is 13.5. The minimum atomic E-state index is -0.828. The number of hydrogen-bond acceptors (Lipinski definition) is 3. The zero-order valence-electron chi connectivity index (χ0n) is 22.2. The molecule has 0 aliphatic heterocycles. The molecular weight excluding hydrogens is 410 g/mol. The fourth-order valence-corrected chi connectivity index (χ4v) is 4.26. The average molecular weight is 468 g/mol. The third kappa shape index (κ3) is 22.7. The molecule has 33 heavy (non-hydrogen) atoms. The smallest absolute Gasteiger partial charge is 0.220 e. The summed E-state index contributed by atoms with van der Waals surface area (Å²) in [5.41, 5.74) is 0. The van der Waals surface area contributed by atoms with Crippen molar-refractivity contribution in [1.29, 1.82) is 0 Å². The molecule has 0 rings (SSSR count). The molecule has 196 valence electrons. The third-order valence-corrected chi connectivity index (χ3v) is 6.58. The van der Waals surface area contributed by atoms with Gasteiger partial charge in [-0.05, 0) is 12.8 Å². The molecule has 0 aliphatic carbocycles. The van der Waals surface area contributed by atoms with E-state index in [4.69, 9.17) is 0 Å². The summed E-state index contributed by atoms with van der Waals surface area (Å²) in [6.07, 6.45) is 30.4. The molecule has 4 nitrogen and oxygen atoms in total. The molecule has 0 fully saturated rings. The van der Waals surface area contributed by atoms with E-state index in [9.17, 15) is 15.0 Å². The van der Waals surface area contributed by atoms with Crippen LogP contribution in [0.15, 0.2) is 12.2 Å². The Hall–Kier alpha value is -0.870. The Morgan fingerprint density at radius 3 is 1.45 bits per heavy atom. The lowest BCUT2D eigenvalue weighted by molar-refractivity contribution is -0.122. The number of nitrogens with one attached hydrogen (secondary N) is 1. The minimum absolute atomic E-state index is 0.152. The van der Waals surface area contributed by atoms with Crippen LogP contribution in [0.5, 0.6) is 0 Å². The summed E-state index contributed by atoms with van der Waals surface area (Å²) in [5.74, 6) is -0.152. The quantitative estimate of drug-likeness (QED) is 0.0955. The van der Waals surface area contributed by atoms with Gasteiger partial charge in [0.25, 0.3) is 0 Å². The number of hydrogen-bond donors (Lipinski definition) is 3. The van der Waals surface area contributed by atoms with E-state index in [1.807, 2.05) is 6.08 Å². The zero-order chi connectivity index (χ0) is 24.4. The van der Waals surface area contributed by atoms with Gasteiger partial charge in [-0.1, -0.05) is 142 Å². The summed E-state index contributed by atoms with van der Waals surface area (Å²) < 4.78 is 0. The molecule has 0 saturated carbocycles. The molecule has 3 N–H and O–H groups in total. The van der Waals surface area contributed by atoms with Gasteiger partial charge in [0, 0.05) is 6.42 Å². The average Bonchev–Trinajstić information content (AvgIpc) is 2.83. The number of unbranched alkanes of at least 4 members (excludes halogenated alkanes) is 19. The summed E-state index contributed by atoms with van der Waals surface area (Å²) in [4.78, 5) is 11.4. The SMILES string of the molecule is CCCCCCCCCCCCCCCCCCCCC/C=C/C(O)C(CO)NC(=O)CC. The molecule has 2 unspecified atom stereocenters. The summed E-state index contributed by atoms with van der Waals surface area (Å²) in [6, 6.07) is -0.612. The number of aliphatic hydroxyl groups is 2. The van der Waals surface area contributed by atoms with E-state index >= 15 is 0 Å². The lowest BCUT2D eigenvalue weighted by Crippen LogP contribution is -2.44. The van der Waals surface area contributed by atoms with E-state index in [1.54, 1.807) is 13.0 Å². The lowest BCUT2D eigenvalue weighted by atomic mass is 10.0. The van der Waals surface area contributed by atoms with Crippen LogP contribution in [0.3, 0.4) is 0 Å². The van der Waals surface area contributed by atoms with E-state index in [1.165, 1.54) is 116 Å². The van der Waals surface area contributed by atoms with E-state index in [-0.39, 0.29) is 12.5 Å². The summed E-state index contributed by atoms with van der Waals surface area (Å²) in [7, 11) is 0. The van der Waals surface area contributed by atoms with Gasteiger partial charge in [-0.2, -0.15) is 0 Å². The van der Waals surface area contributed by atoms with Crippen molar-refractivity contribution >= 4 is 5.91 Å². The predicted molar refractivity (Wildman–Crippen MR) is 142 cm³/mol. The fourth-order valence-electron chi connectivity index (χ4n) is 4.26. The molecule has 0 aliphatic rings. The highest BCUT2D eigenvalue weighted by Crippen LogP contribution is 2.15. The molecule has 0 aromatic carbocycles. The van der Waals surface area contributed by atoms with Crippen LogP contribution < -0.4 is 5.32 Å². The number of amides is 1. The lowest BCUT2D eigenvalue weighted by Gasteiger charge is -2.19. The first kappa shape index (κ1) is 32.1. The van der Waals surface area contributed by atoms with E-state index in [2.05, 4.69) is 12.2 Å². The number of allylic oxidation sites excluding steroid dienone is 1. The molecule has 0 radical (unpaired) electrons. The van der Waals surface area contributed by atoms with Crippen molar-refractivity contribution < 1.29 is 15.0 Å². The Labute approximate surface area is 206 Å². The van der Waals surface area contributed by atoms with Gasteiger partial charge in [0.2, 0.25) is 5.91 Å².